The largest absolute Gasteiger partial charge is 0.478 e. The molecule has 0 saturated heterocycles. The van der Waals surface area contributed by atoms with Gasteiger partial charge in [0.1, 0.15) is 5.66 Å². The highest BCUT2D eigenvalue weighted by Crippen LogP contribution is 2.28. The van der Waals surface area contributed by atoms with Crippen LogP contribution in [0.4, 0.5) is 0 Å². The number of aromatic nitrogens is 2. The van der Waals surface area contributed by atoms with Crippen molar-refractivity contribution in [2.45, 2.75) is 57.5 Å². The van der Waals surface area contributed by atoms with Crippen LogP contribution in [-0.4, -0.2) is 39.6 Å². The van der Waals surface area contributed by atoms with Gasteiger partial charge in [-0.1, -0.05) is 38.3 Å². The van der Waals surface area contributed by atoms with Gasteiger partial charge in [0.25, 0.3) is 5.91 Å². The van der Waals surface area contributed by atoms with Gasteiger partial charge in [0, 0.05) is 18.8 Å². The summed E-state index contributed by atoms with van der Waals surface area (Å²) in [6.45, 7) is 2.12. The molecule has 30 heavy (non-hydrogen) atoms. The van der Waals surface area contributed by atoms with E-state index in [2.05, 4.69) is 17.2 Å². The lowest BCUT2D eigenvalue weighted by molar-refractivity contribution is -0.141. The number of imidazole rings is 1. The molecule has 1 unspecified atom stereocenters. The average Bonchev–Trinajstić information content (AvgIpc) is 3.30. The Bertz CT molecular complexity index is 850. The summed E-state index contributed by atoms with van der Waals surface area (Å²) < 4.78 is 6.57. The number of aromatic carboxylic acids is 1. The van der Waals surface area contributed by atoms with Crippen molar-refractivity contribution in [3.05, 3.63) is 54.1 Å². The number of carbonyl (C=O) groups is 3. The van der Waals surface area contributed by atoms with Gasteiger partial charge < -0.3 is 19.7 Å². The highest BCUT2D eigenvalue weighted by molar-refractivity contribution is 6.04. The van der Waals surface area contributed by atoms with Gasteiger partial charge in [0.05, 0.1) is 24.6 Å². The zero-order valence-corrected chi connectivity index (χ0v) is 17.5. The second-order valence-corrected chi connectivity index (χ2v) is 7.19. The number of benzene rings is 1. The lowest BCUT2D eigenvalue weighted by Crippen LogP contribution is -2.50. The predicted molar refractivity (Wildman–Crippen MR) is 111 cm³/mol. The Labute approximate surface area is 176 Å². The van der Waals surface area contributed by atoms with Crippen molar-refractivity contribution in [3.63, 3.8) is 0 Å². The third-order valence-electron chi connectivity index (χ3n) is 5.16. The molecule has 1 amide bonds. The van der Waals surface area contributed by atoms with Crippen LogP contribution in [0.2, 0.25) is 0 Å². The number of methoxy groups -OCH3 is 1. The number of unbranched alkanes of at least 4 members (excludes halogenated alkanes) is 3. The number of nitrogens with one attached hydrogen (secondary N) is 1. The normalized spacial score (nSPS) is 12.7. The van der Waals surface area contributed by atoms with Crippen LogP contribution in [0.1, 0.15) is 72.6 Å². The van der Waals surface area contributed by atoms with E-state index in [1.54, 1.807) is 35.4 Å². The number of esters is 1. The van der Waals surface area contributed by atoms with E-state index in [0.717, 1.165) is 25.7 Å². The number of hydrogen-bond acceptors (Lipinski definition) is 5. The van der Waals surface area contributed by atoms with Crippen molar-refractivity contribution < 1.29 is 24.2 Å². The van der Waals surface area contributed by atoms with Crippen molar-refractivity contribution in [1.82, 2.24) is 14.9 Å². The summed E-state index contributed by atoms with van der Waals surface area (Å²) in [6.07, 6.45) is 9.84. The van der Waals surface area contributed by atoms with Crippen LogP contribution >= 0.6 is 0 Å². The van der Waals surface area contributed by atoms with Crippen molar-refractivity contribution in [2.24, 2.45) is 0 Å². The molecule has 1 atom stereocenters. The van der Waals surface area contributed by atoms with E-state index in [-0.39, 0.29) is 23.5 Å². The molecule has 1 aromatic carbocycles. The van der Waals surface area contributed by atoms with Crippen LogP contribution < -0.4 is 5.32 Å². The first-order chi connectivity index (χ1) is 14.4. The molecule has 0 fully saturated rings. The summed E-state index contributed by atoms with van der Waals surface area (Å²) in [5, 5.41) is 12.5. The minimum absolute atomic E-state index is 0.0705. The van der Waals surface area contributed by atoms with Gasteiger partial charge in [0.15, 0.2) is 0 Å². The number of carboxylic acid groups (broad SMARTS) is 1. The van der Waals surface area contributed by atoms with Crippen molar-refractivity contribution in [3.8, 4) is 0 Å². The van der Waals surface area contributed by atoms with Crippen molar-refractivity contribution >= 4 is 17.8 Å². The van der Waals surface area contributed by atoms with Crippen LogP contribution in [0.3, 0.4) is 0 Å². The van der Waals surface area contributed by atoms with Gasteiger partial charge in [-0.2, -0.15) is 0 Å². The third kappa shape index (κ3) is 5.92. The fourth-order valence-electron chi connectivity index (χ4n) is 3.49. The molecule has 2 N–H and O–H groups in total. The molecule has 1 aromatic heterocycles. The molecular formula is C22H29N3O5. The average molecular weight is 415 g/mol. The van der Waals surface area contributed by atoms with E-state index < -0.39 is 17.5 Å². The monoisotopic (exact) mass is 415 g/mol. The Morgan fingerprint density at radius 2 is 1.87 bits per heavy atom. The SMILES string of the molecule is CCCCCCC(CCC(=O)OC)(NC(=O)c1ccccc1C(=O)O)n1ccnc1. The molecule has 0 aliphatic heterocycles. The quantitative estimate of drug-likeness (QED) is 0.405. The molecular weight excluding hydrogens is 386 g/mol. The second-order valence-electron chi connectivity index (χ2n) is 7.19. The Morgan fingerprint density at radius 1 is 1.13 bits per heavy atom. The molecule has 0 bridgehead atoms. The van der Waals surface area contributed by atoms with Gasteiger partial charge in [0.2, 0.25) is 0 Å². The van der Waals surface area contributed by atoms with Crippen LogP contribution in [0.25, 0.3) is 0 Å². The Kier molecular flexibility index (Phi) is 8.58. The number of amides is 1. The van der Waals surface area contributed by atoms with E-state index >= 15 is 0 Å². The molecule has 1 heterocycles. The molecule has 0 spiro atoms. The third-order valence-corrected chi connectivity index (χ3v) is 5.16. The Morgan fingerprint density at radius 3 is 2.47 bits per heavy atom. The highest BCUT2D eigenvalue weighted by atomic mass is 16.5. The topological polar surface area (TPSA) is 111 Å². The maximum Gasteiger partial charge on any atom is 0.336 e. The minimum atomic E-state index is -1.17. The van der Waals surface area contributed by atoms with Gasteiger partial charge >= 0.3 is 11.9 Å². The first kappa shape index (κ1) is 23.1. The number of rotatable bonds is 12. The van der Waals surface area contributed by atoms with E-state index in [4.69, 9.17) is 4.74 Å². The van der Waals surface area contributed by atoms with Gasteiger partial charge in [-0.3, -0.25) is 9.59 Å². The minimum Gasteiger partial charge on any atom is -0.478 e. The number of hydrogen-bond donors (Lipinski definition) is 2. The number of ether oxygens (including phenoxy) is 1. The van der Waals surface area contributed by atoms with E-state index in [0.29, 0.717) is 12.8 Å². The molecule has 8 heteroatoms. The highest BCUT2D eigenvalue weighted by Gasteiger charge is 2.35. The number of carbonyl (C=O) groups excluding carboxylic acids is 2. The summed E-state index contributed by atoms with van der Waals surface area (Å²) in [7, 11) is 1.32. The summed E-state index contributed by atoms with van der Waals surface area (Å²) >= 11 is 0. The van der Waals surface area contributed by atoms with Crippen LogP contribution in [0.5, 0.6) is 0 Å². The van der Waals surface area contributed by atoms with Gasteiger partial charge in [-0.25, -0.2) is 9.78 Å². The standard InChI is InChI=1S/C22H29N3O5/c1-3-4-5-8-12-22(13-11-19(26)30-2,25-15-14-23-16-25)24-20(27)17-9-6-7-10-18(17)21(28)29/h6-7,9-10,14-16H,3-5,8,11-13H2,1-2H3,(H,24,27)(H,28,29). The molecule has 8 nitrogen and oxygen atoms in total. The van der Waals surface area contributed by atoms with E-state index in [9.17, 15) is 19.5 Å². The molecule has 2 rings (SSSR count). The molecule has 0 radical (unpaired) electrons. The molecule has 0 aliphatic rings. The molecule has 0 saturated carbocycles. The first-order valence-electron chi connectivity index (χ1n) is 10.1. The first-order valence-corrected chi connectivity index (χ1v) is 10.1. The van der Waals surface area contributed by atoms with Crippen LogP contribution in [0, 0.1) is 0 Å². The smallest absolute Gasteiger partial charge is 0.336 e. The summed E-state index contributed by atoms with van der Waals surface area (Å²) in [5.74, 6) is -2.07. The van der Waals surface area contributed by atoms with E-state index in [1.165, 1.54) is 19.2 Å². The maximum atomic E-state index is 13.2. The fourth-order valence-corrected chi connectivity index (χ4v) is 3.49. The molecule has 162 valence electrons. The second kappa shape index (κ2) is 11.1. The van der Waals surface area contributed by atoms with Gasteiger partial charge in [-0.15, -0.1) is 0 Å². The lowest BCUT2D eigenvalue weighted by atomic mass is 9.94. The molecule has 0 aliphatic carbocycles. The predicted octanol–water partition coefficient (Wildman–Crippen LogP) is 3.59. The van der Waals surface area contributed by atoms with Crippen molar-refractivity contribution in [1.29, 1.82) is 0 Å². The zero-order chi connectivity index (χ0) is 22.0. The van der Waals surface area contributed by atoms with Gasteiger partial charge in [-0.05, 0) is 31.4 Å². The fraction of sp³-hybridized carbons (Fsp3) is 0.455. The van der Waals surface area contributed by atoms with Crippen LogP contribution in [-0.2, 0) is 15.2 Å². The Balaban J connectivity index is 2.38. The number of carboxylic acids is 1. The Hall–Kier alpha value is -3.16. The van der Waals surface area contributed by atoms with Crippen molar-refractivity contribution in [2.75, 3.05) is 7.11 Å². The summed E-state index contributed by atoms with van der Waals surface area (Å²) in [5.41, 5.74) is -0.934. The maximum absolute atomic E-state index is 13.2. The summed E-state index contributed by atoms with van der Waals surface area (Å²) in [6, 6.07) is 6.07. The van der Waals surface area contributed by atoms with Crippen LogP contribution in [0.15, 0.2) is 43.0 Å². The lowest BCUT2D eigenvalue weighted by Gasteiger charge is -2.36. The number of nitrogens with zero attached hydrogens (tertiary/aromatic N) is 2. The van der Waals surface area contributed by atoms with E-state index in [1.807, 2.05) is 0 Å². The summed E-state index contributed by atoms with van der Waals surface area (Å²) in [4.78, 5) is 40.7. The molecule has 2 aromatic rings. The zero-order valence-electron chi connectivity index (χ0n) is 17.5.